The molecule has 0 N–H and O–H groups in total. The summed E-state index contributed by atoms with van der Waals surface area (Å²) in [5, 5.41) is 0. The van der Waals surface area contributed by atoms with Crippen molar-refractivity contribution in [3.05, 3.63) is 34.2 Å². The highest BCUT2D eigenvalue weighted by Crippen LogP contribution is 2.26. The first kappa shape index (κ1) is 19.0. The van der Waals surface area contributed by atoms with Crippen LogP contribution >= 0.6 is 0 Å². The summed E-state index contributed by atoms with van der Waals surface area (Å²) in [6.45, 7) is 2.14. The Kier molecular flexibility index (Phi) is 5.86. The topological polar surface area (TPSA) is 68.6 Å². The number of alkyl halides is 3. The Hall–Kier alpha value is -2.32. The van der Waals surface area contributed by atoms with Crippen molar-refractivity contribution in [1.82, 2.24) is 9.47 Å². The van der Waals surface area contributed by atoms with Crippen LogP contribution in [0.1, 0.15) is 25.3 Å². The lowest BCUT2D eigenvalue weighted by atomic mass is 9.97. The van der Waals surface area contributed by atoms with Gasteiger partial charge in [-0.3, -0.25) is 14.4 Å². The Balaban J connectivity index is 2.00. The molecule has 0 aliphatic carbocycles. The molecular weight excluding hydrogens is 341 g/mol. The number of piperidine rings is 1. The Morgan fingerprint density at radius 3 is 2.48 bits per heavy atom. The second kappa shape index (κ2) is 7.71. The third-order valence-corrected chi connectivity index (χ3v) is 4.10. The molecule has 1 saturated heterocycles. The van der Waals surface area contributed by atoms with Gasteiger partial charge in [-0.1, -0.05) is 0 Å². The maximum Gasteiger partial charge on any atom is 0.421 e. The number of halogens is 3. The van der Waals surface area contributed by atoms with Crippen molar-refractivity contribution in [1.29, 1.82) is 0 Å². The van der Waals surface area contributed by atoms with Gasteiger partial charge < -0.3 is 14.2 Å². The first-order valence-corrected chi connectivity index (χ1v) is 7.95. The minimum atomic E-state index is -4.76. The van der Waals surface area contributed by atoms with E-state index in [0.717, 1.165) is 16.8 Å². The average molecular weight is 360 g/mol. The second-order valence-corrected chi connectivity index (χ2v) is 5.76. The number of ether oxygens (including phenoxy) is 1. The highest BCUT2D eigenvalue weighted by molar-refractivity contribution is 5.77. The standard InChI is InChI=1S/C16H19F3N2O4/c1-2-25-15(24)11-5-8-20(9-6-11)13(22)10-21-7-3-4-12(14(21)23)16(17,18)19/h3-4,7,11H,2,5-6,8-10H2,1H3. The van der Waals surface area contributed by atoms with Gasteiger partial charge in [0.15, 0.2) is 0 Å². The number of rotatable bonds is 4. The predicted octanol–water partition coefficient (Wildman–Crippen LogP) is 1.67. The van der Waals surface area contributed by atoms with Crippen LogP contribution in [0.15, 0.2) is 23.1 Å². The lowest BCUT2D eigenvalue weighted by molar-refractivity contribution is -0.151. The predicted molar refractivity (Wildman–Crippen MR) is 81.6 cm³/mol. The fourth-order valence-corrected chi connectivity index (χ4v) is 2.75. The molecule has 138 valence electrons. The zero-order valence-corrected chi connectivity index (χ0v) is 13.7. The molecule has 1 aromatic heterocycles. The van der Waals surface area contributed by atoms with Crippen LogP contribution in [-0.2, 0) is 27.0 Å². The van der Waals surface area contributed by atoms with E-state index in [-0.39, 0.29) is 18.5 Å². The Bertz CT molecular complexity index is 691. The van der Waals surface area contributed by atoms with Crippen molar-refractivity contribution in [2.24, 2.45) is 5.92 Å². The van der Waals surface area contributed by atoms with E-state index in [2.05, 4.69) is 0 Å². The summed E-state index contributed by atoms with van der Waals surface area (Å²) in [7, 11) is 0. The van der Waals surface area contributed by atoms with Gasteiger partial charge in [0.25, 0.3) is 5.56 Å². The summed E-state index contributed by atoms with van der Waals surface area (Å²) < 4.78 is 43.9. The van der Waals surface area contributed by atoms with Crippen molar-refractivity contribution in [3.8, 4) is 0 Å². The number of nitrogens with zero attached hydrogens (tertiary/aromatic N) is 2. The summed E-state index contributed by atoms with van der Waals surface area (Å²) in [4.78, 5) is 37.2. The first-order chi connectivity index (χ1) is 11.7. The van der Waals surface area contributed by atoms with Gasteiger partial charge >= 0.3 is 12.1 Å². The van der Waals surface area contributed by atoms with E-state index in [4.69, 9.17) is 4.74 Å². The van der Waals surface area contributed by atoms with Crippen LogP contribution in [0.2, 0.25) is 0 Å². The highest BCUT2D eigenvalue weighted by Gasteiger charge is 2.34. The van der Waals surface area contributed by atoms with Crippen LogP contribution in [0.25, 0.3) is 0 Å². The molecule has 25 heavy (non-hydrogen) atoms. The number of hydrogen-bond acceptors (Lipinski definition) is 4. The molecule has 6 nitrogen and oxygen atoms in total. The minimum absolute atomic E-state index is 0.278. The maximum atomic E-state index is 12.7. The van der Waals surface area contributed by atoms with Crippen molar-refractivity contribution >= 4 is 11.9 Å². The fraction of sp³-hybridized carbons (Fsp3) is 0.562. The van der Waals surface area contributed by atoms with Gasteiger partial charge in [-0.15, -0.1) is 0 Å². The number of amides is 1. The van der Waals surface area contributed by atoms with Crippen molar-refractivity contribution in [2.75, 3.05) is 19.7 Å². The van der Waals surface area contributed by atoms with Crippen molar-refractivity contribution in [3.63, 3.8) is 0 Å². The van der Waals surface area contributed by atoms with E-state index in [0.29, 0.717) is 32.0 Å². The van der Waals surface area contributed by atoms with Crippen LogP contribution in [0.3, 0.4) is 0 Å². The maximum absolute atomic E-state index is 12.7. The van der Waals surface area contributed by atoms with Gasteiger partial charge in [0.2, 0.25) is 5.91 Å². The zero-order chi connectivity index (χ0) is 18.6. The van der Waals surface area contributed by atoms with E-state index in [1.807, 2.05) is 0 Å². The minimum Gasteiger partial charge on any atom is -0.466 e. The van der Waals surface area contributed by atoms with Crippen LogP contribution < -0.4 is 5.56 Å². The van der Waals surface area contributed by atoms with Crippen molar-refractivity contribution < 1.29 is 27.5 Å². The number of carbonyl (C=O) groups excluding carboxylic acids is 2. The second-order valence-electron chi connectivity index (χ2n) is 5.76. The molecule has 0 spiro atoms. The van der Waals surface area contributed by atoms with E-state index in [1.54, 1.807) is 6.92 Å². The van der Waals surface area contributed by atoms with Gasteiger partial charge in [-0.25, -0.2) is 0 Å². The third-order valence-electron chi connectivity index (χ3n) is 4.10. The number of likely N-dealkylation sites (tertiary alicyclic amines) is 1. The molecule has 9 heteroatoms. The molecule has 2 heterocycles. The molecule has 1 aromatic rings. The van der Waals surface area contributed by atoms with Crippen LogP contribution in [0, 0.1) is 5.92 Å². The molecule has 0 radical (unpaired) electrons. The number of hydrogen-bond donors (Lipinski definition) is 0. The monoisotopic (exact) mass is 360 g/mol. The summed E-state index contributed by atoms with van der Waals surface area (Å²) in [5.41, 5.74) is -2.55. The summed E-state index contributed by atoms with van der Waals surface area (Å²) in [5.74, 6) is -1.03. The van der Waals surface area contributed by atoms with Crippen molar-refractivity contribution in [2.45, 2.75) is 32.5 Å². The van der Waals surface area contributed by atoms with Crippen LogP contribution in [-0.4, -0.2) is 41.0 Å². The largest absolute Gasteiger partial charge is 0.466 e. The highest BCUT2D eigenvalue weighted by atomic mass is 19.4. The van der Waals surface area contributed by atoms with E-state index in [9.17, 15) is 27.6 Å². The molecule has 0 bridgehead atoms. The zero-order valence-electron chi connectivity index (χ0n) is 13.7. The molecular formula is C16H19F3N2O4. The molecule has 2 rings (SSSR count). The lowest BCUT2D eigenvalue weighted by Crippen LogP contribution is -2.43. The molecule has 0 unspecified atom stereocenters. The molecule has 0 saturated carbocycles. The first-order valence-electron chi connectivity index (χ1n) is 7.95. The third kappa shape index (κ3) is 4.61. The van der Waals surface area contributed by atoms with E-state index in [1.165, 1.54) is 4.90 Å². The normalized spacial score (nSPS) is 15.9. The van der Waals surface area contributed by atoms with Crippen LogP contribution in [0.4, 0.5) is 13.2 Å². The van der Waals surface area contributed by atoms with E-state index >= 15 is 0 Å². The Morgan fingerprint density at radius 2 is 1.92 bits per heavy atom. The fourth-order valence-electron chi connectivity index (χ4n) is 2.75. The molecule has 1 fully saturated rings. The molecule has 1 aliphatic rings. The summed E-state index contributed by atoms with van der Waals surface area (Å²) >= 11 is 0. The molecule has 1 aliphatic heterocycles. The SMILES string of the molecule is CCOC(=O)C1CCN(C(=O)Cn2cccc(C(F)(F)F)c2=O)CC1. The molecule has 0 atom stereocenters. The number of carbonyl (C=O) groups is 2. The summed E-state index contributed by atoms with van der Waals surface area (Å²) in [6, 6.07) is 1.78. The van der Waals surface area contributed by atoms with Gasteiger partial charge in [0, 0.05) is 19.3 Å². The molecule has 0 aromatic carbocycles. The van der Waals surface area contributed by atoms with Gasteiger partial charge in [-0.05, 0) is 31.9 Å². The summed E-state index contributed by atoms with van der Waals surface area (Å²) in [6.07, 6.45) is -2.74. The smallest absolute Gasteiger partial charge is 0.421 e. The average Bonchev–Trinajstić information content (AvgIpc) is 2.56. The quantitative estimate of drug-likeness (QED) is 0.766. The van der Waals surface area contributed by atoms with E-state index < -0.39 is 29.8 Å². The Morgan fingerprint density at radius 1 is 1.28 bits per heavy atom. The van der Waals surface area contributed by atoms with Gasteiger partial charge in [0.05, 0.1) is 12.5 Å². The van der Waals surface area contributed by atoms with Crippen LogP contribution in [0.5, 0.6) is 0 Å². The van der Waals surface area contributed by atoms with Gasteiger partial charge in [0.1, 0.15) is 12.1 Å². The number of aromatic nitrogens is 1. The Labute approximate surface area is 142 Å². The lowest BCUT2D eigenvalue weighted by Gasteiger charge is -2.31. The number of pyridine rings is 1. The molecule has 1 amide bonds. The van der Waals surface area contributed by atoms with Gasteiger partial charge in [-0.2, -0.15) is 13.2 Å². The number of esters is 1.